The Labute approximate surface area is 115 Å². The molecule has 0 aliphatic carbocycles. The minimum Gasteiger partial charge on any atom is -0.508 e. The molecule has 0 aliphatic heterocycles. The molecule has 0 unspecified atom stereocenters. The lowest BCUT2D eigenvalue weighted by atomic mass is 10.0. The standard InChI is InChI=1S/C18H22O/c19-18-14-8-13-17(15-18)12-5-2-1-4-9-16-10-6-3-7-11-16/h3,6-8,10-11,13-15,19H,1-2,4-5,9,12H2. The van der Waals surface area contributed by atoms with Gasteiger partial charge < -0.3 is 5.11 Å². The number of benzene rings is 2. The van der Waals surface area contributed by atoms with Crippen molar-refractivity contribution in [1.82, 2.24) is 0 Å². The van der Waals surface area contributed by atoms with E-state index in [4.69, 9.17) is 0 Å². The zero-order valence-electron chi connectivity index (χ0n) is 11.4. The summed E-state index contributed by atoms with van der Waals surface area (Å²) in [5.41, 5.74) is 2.68. The van der Waals surface area contributed by atoms with E-state index in [0.29, 0.717) is 5.75 Å². The summed E-state index contributed by atoms with van der Waals surface area (Å²) in [5.74, 6) is 0.376. The van der Waals surface area contributed by atoms with E-state index in [9.17, 15) is 5.11 Å². The number of aryl methyl sites for hydroxylation is 2. The first-order chi connectivity index (χ1) is 9.34. The molecule has 0 saturated heterocycles. The zero-order chi connectivity index (χ0) is 13.3. The Morgan fingerprint density at radius 1 is 0.632 bits per heavy atom. The van der Waals surface area contributed by atoms with E-state index in [-0.39, 0.29) is 0 Å². The second-order valence-electron chi connectivity index (χ2n) is 5.07. The van der Waals surface area contributed by atoms with Crippen LogP contribution >= 0.6 is 0 Å². The maximum Gasteiger partial charge on any atom is 0.115 e. The number of rotatable bonds is 7. The molecule has 2 aromatic rings. The van der Waals surface area contributed by atoms with Gasteiger partial charge in [-0.25, -0.2) is 0 Å². The molecule has 0 amide bonds. The van der Waals surface area contributed by atoms with Gasteiger partial charge in [-0.05, 0) is 48.9 Å². The molecule has 0 aliphatic rings. The molecule has 1 nitrogen and oxygen atoms in total. The number of aromatic hydroxyl groups is 1. The summed E-state index contributed by atoms with van der Waals surface area (Å²) in [6.45, 7) is 0. The fourth-order valence-electron chi connectivity index (χ4n) is 2.37. The molecule has 0 bridgehead atoms. The third-order valence-corrected chi connectivity index (χ3v) is 3.43. The van der Waals surface area contributed by atoms with Crippen molar-refractivity contribution in [3.63, 3.8) is 0 Å². The highest BCUT2D eigenvalue weighted by molar-refractivity contribution is 5.27. The van der Waals surface area contributed by atoms with Crippen molar-refractivity contribution in [3.8, 4) is 5.75 Å². The van der Waals surface area contributed by atoms with E-state index < -0.39 is 0 Å². The van der Waals surface area contributed by atoms with Gasteiger partial charge in [-0.3, -0.25) is 0 Å². The molecule has 100 valence electrons. The van der Waals surface area contributed by atoms with Gasteiger partial charge in [-0.15, -0.1) is 0 Å². The molecular formula is C18H22O. The number of hydrogen-bond donors (Lipinski definition) is 1. The topological polar surface area (TPSA) is 20.2 Å². The lowest BCUT2D eigenvalue weighted by molar-refractivity contribution is 0.474. The Morgan fingerprint density at radius 2 is 1.26 bits per heavy atom. The van der Waals surface area contributed by atoms with Gasteiger partial charge >= 0.3 is 0 Å². The van der Waals surface area contributed by atoms with E-state index in [1.807, 2.05) is 12.1 Å². The normalized spacial score (nSPS) is 10.5. The van der Waals surface area contributed by atoms with Gasteiger partial charge in [0.2, 0.25) is 0 Å². The average Bonchev–Trinajstić information content (AvgIpc) is 2.44. The van der Waals surface area contributed by atoms with E-state index in [1.165, 1.54) is 43.2 Å². The molecule has 19 heavy (non-hydrogen) atoms. The Morgan fingerprint density at radius 3 is 1.95 bits per heavy atom. The van der Waals surface area contributed by atoms with Crippen LogP contribution in [0.1, 0.15) is 36.8 Å². The highest BCUT2D eigenvalue weighted by atomic mass is 16.3. The Kier molecular flexibility index (Phi) is 5.49. The SMILES string of the molecule is Oc1cccc(CCCCCCc2ccccc2)c1. The summed E-state index contributed by atoms with van der Waals surface area (Å²) in [5, 5.41) is 9.38. The van der Waals surface area contributed by atoms with E-state index in [1.54, 1.807) is 6.07 Å². The summed E-state index contributed by atoms with van der Waals surface area (Å²) in [6.07, 6.45) is 7.28. The molecule has 0 atom stereocenters. The van der Waals surface area contributed by atoms with Gasteiger partial charge in [0.25, 0.3) is 0 Å². The van der Waals surface area contributed by atoms with Crippen molar-refractivity contribution in [2.45, 2.75) is 38.5 Å². The maximum absolute atomic E-state index is 9.38. The predicted molar refractivity (Wildman–Crippen MR) is 80.4 cm³/mol. The van der Waals surface area contributed by atoms with Crippen LogP contribution in [0.2, 0.25) is 0 Å². The van der Waals surface area contributed by atoms with Crippen LogP contribution in [-0.2, 0) is 12.8 Å². The lowest BCUT2D eigenvalue weighted by Gasteiger charge is -2.03. The molecule has 1 N–H and O–H groups in total. The summed E-state index contributed by atoms with van der Waals surface area (Å²) in [4.78, 5) is 0. The number of unbranched alkanes of at least 4 members (excludes halogenated alkanes) is 3. The predicted octanol–water partition coefficient (Wildman–Crippen LogP) is 4.74. The van der Waals surface area contributed by atoms with Crippen molar-refractivity contribution in [3.05, 3.63) is 65.7 Å². The third-order valence-electron chi connectivity index (χ3n) is 3.43. The van der Waals surface area contributed by atoms with Crippen LogP contribution in [-0.4, -0.2) is 5.11 Å². The second-order valence-corrected chi connectivity index (χ2v) is 5.07. The maximum atomic E-state index is 9.38. The molecule has 2 aromatic carbocycles. The minimum absolute atomic E-state index is 0.376. The number of phenolic OH excluding ortho intramolecular Hbond substituents is 1. The van der Waals surface area contributed by atoms with Crippen LogP contribution in [0, 0.1) is 0 Å². The van der Waals surface area contributed by atoms with Gasteiger partial charge in [0, 0.05) is 0 Å². The van der Waals surface area contributed by atoms with Crippen LogP contribution in [0.4, 0.5) is 0 Å². The van der Waals surface area contributed by atoms with Gasteiger partial charge in [-0.2, -0.15) is 0 Å². The monoisotopic (exact) mass is 254 g/mol. The van der Waals surface area contributed by atoms with Crippen molar-refractivity contribution in [2.75, 3.05) is 0 Å². The largest absolute Gasteiger partial charge is 0.508 e. The molecule has 0 heterocycles. The lowest BCUT2D eigenvalue weighted by Crippen LogP contribution is -1.88. The van der Waals surface area contributed by atoms with Crippen LogP contribution < -0.4 is 0 Å². The second kappa shape index (κ2) is 7.63. The van der Waals surface area contributed by atoms with Crippen molar-refractivity contribution >= 4 is 0 Å². The van der Waals surface area contributed by atoms with Crippen molar-refractivity contribution < 1.29 is 5.11 Å². The van der Waals surface area contributed by atoms with E-state index in [2.05, 4.69) is 36.4 Å². The minimum atomic E-state index is 0.376. The first kappa shape index (κ1) is 13.7. The van der Waals surface area contributed by atoms with E-state index >= 15 is 0 Å². The molecule has 0 fully saturated rings. The fourth-order valence-corrected chi connectivity index (χ4v) is 2.37. The van der Waals surface area contributed by atoms with Crippen LogP contribution in [0.3, 0.4) is 0 Å². The van der Waals surface area contributed by atoms with Crippen molar-refractivity contribution in [2.24, 2.45) is 0 Å². The van der Waals surface area contributed by atoms with Gasteiger partial charge in [0.05, 0.1) is 0 Å². The number of hydrogen-bond acceptors (Lipinski definition) is 1. The first-order valence-electron chi connectivity index (χ1n) is 7.16. The third kappa shape index (κ3) is 5.17. The highest BCUT2D eigenvalue weighted by Gasteiger charge is 1.96. The molecule has 2 rings (SSSR count). The summed E-state index contributed by atoms with van der Waals surface area (Å²) >= 11 is 0. The molecular weight excluding hydrogens is 232 g/mol. The molecule has 0 radical (unpaired) electrons. The van der Waals surface area contributed by atoms with Crippen LogP contribution in [0.5, 0.6) is 5.75 Å². The molecule has 0 aromatic heterocycles. The van der Waals surface area contributed by atoms with Gasteiger partial charge in [-0.1, -0.05) is 55.3 Å². The summed E-state index contributed by atoms with van der Waals surface area (Å²) in [7, 11) is 0. The van der Waals surface area contributed by atoms with Crippen LogP contribution in [0.15, 0.2) is 54.6 Å². The Hall–Kier alpha value is -1.76. The highest BCUT2D eigenvalue weighted by Crippen LogP contribution is 2.14. The van der Waals surface area contributed by atoms with E-state index in [0.717, 1.165) is 6.42 Å². The fraction of sp³-hybridized carbons (Fsp3) is 0.333. The molecule has 0 saturated carbocycles. The smallest absolute Gasteiger partial charge is 0.115 e. The summed E-state index contributed by atoms with van der Waals surface area (Å²) < 4.78 is 0. The first-order valence-corrected chi connectivity index (χ1v) is 7.16. The quantitative estimate of drug-likeness (QED) is 0.708. The van der Waals surface area contributed by atoms with Gasteiger partial charge in [0.1, 0.15) is 5.75 Å². The Balaban J connectivity index is 1.58. The summed E-state index contributed by atoms with van der Waals surface area (Å²) in [6, 6.07) is 18.3. The zero-order valence-corrected chi connectivity index (χ0v) is 11.4. The molecule has 1 heteroatoms. The Bertz CT molecular complexity index is 476. The number of phenols is 1. The van der Waals surface area contributed by atoms with Gasteiger partial charge in [0.15, 0.2) is 0 Å². The van der Waals surface area contributed by atoms with Crippen molar-refractivity contribution in [1.29, 1.82) is 0 Å². The molecule has 0 spiro atoms. The average molecular weight is 254 g/mol. The van der Waals surface area contributed by atoms with Crippen LogP contribution in [0.25, 0.3) is 0 Å².